The quantitative estimate of drug-likeness (QED) is 0.428. The van der Waals surface area contributed by atoms with Crippen molar-refractivity contribution in [1.82, 2.24) is 4.98 Å². The van der Waals surface area contributed by atoms with Gasteiger partial charge in [-0.05, 0) is 12.1 Å². The first-order valence-electron chi connectivity index (χ1n) is 4.05. The fraction of sp³-hybridized carbons (Fsp3) is 0. The van der Waals surface area contributed by atoms with Gasteiger partial charge in [0.25, 0.3) is 5.91 Å². The molecule has 1 heterocycles. The first-order chi connectivity index (χ1) is 7.16. The van der Waals surface area contributed by atoms with Crippen LogP contribution < -0.4 is 40.0 Å². The SMILES string of the molecule is O=C([O-])C(=O)Nc1nc2ccccc2s1.[Na+]. The van der Waals surface area contributed by atoms with Crippen molar-refractivity contribution in [3.8, 4) is 0 Å². The molecule has 1 aromatic heterocycles. The van der Waals surface area contributed by atoms with Crippen molar-refractivity contribution in [3.05, 3.63) is 24.3 Å². The fourth-order valence-corrected chi connectivity index (χ4v) is 1.93. The number of carbonyl (C=O) groups excluding carboxylic acids is 2. The Kier molecular flexibility index (Phi) is 4.43. The Morgan fingerprint density at radius 3 is 2.62 bits per heavy atom. The summed E-state index contributed by atoms with van der Waals surface area (Å²) < 4.78 is 0.881. The number of nitrogens with one attached hydrogen (secondary N) is 1. The van der Waals surface area contributed by atoms with Gasteiger partial charge in [-0.3, -0.25) is 10.1 Å². The molecule has 2 aromatic rings. The molecule has 0 spiro atoms. The average molecular weight is 244 g/mol. The molecule has 76 valence electrons. The molecule has 0 saturated heterocycles. The second kappa shape index (κ2) is 5.40. The van der Waals surface area contributed by atoms with E-state index in [0.29, 0.717) is 0 Å². The molecule has 16 heavy (non-hydrogen) atoms. The third kappa shape index (κ3) is 2.79. The Hall–Kier alpha value is -0.950. The number of carboxylic acid groups (broad SMARTS) is 1. The summed E-state index contributed by atoms with van der Waals surface area (Å²) in [5.41, 5.74) is 0.719. The number of fused-ring (bicyclic) bond motifs is 1. The summed E-state index contributed by atoms with van der Waals surface area (Å²) in [6.07, 6.45) is 0. The Morgan fingerprint density at radius 2 is 2.00 bits per heavy atom. The molecule has 0 radical (unpaired) electrons. The topological polar surface area (TPSA) is 82.1 Å². The maximum Gasteiger partial charge on any atom is 1.00 e. The smallest absolute Gasteiger partial charge is 0.540 e. The molecular formula is C9H5N2NaO3S. The molecule has 2 rings (SSSR count). The van der Waals surface area contributed by atoms with Crippen LogP contribution in [-0.4, -0.2) is 16.9 Å². The van der Waals surface area contributed by atoms with Gasteiger partial charge in [-0.1, -0.05) is 23.5 Å². The molecule has 1 N–H and O–H groups in total. The number of benzene rings is 1. The Bertz CT molecular complexity index is 507. The molecule has 0 bridgehead atoms. The maximum absolute atomic E-state index is 10.8. The number of anilines is 1. The summed E-state index contributed by atoms with van der Waals surface area (Å²) in [7, 11) is 0. The maximum atomic E-state index is 10.8. The van der Waals surface area contributed by atoms with Gasteiger partial charge in [0.2, 0.25) is 0 Å². The fourth-order valence-electron chi connectivity index (χ4n) is 1.07. The average Bonchev–Trinajstić information content (AvgIpc) is 2.59. The number of para-hydroxylation sites is 1. The predicted octanol–water partition coefficient (Wildman–Crippen LogP) is -3.01. The summed E-state index contributed by atoms with van der Waals surface area (Å²) in [5, 5.41) is 12.6. The summed E-state index contributed by atoms with van der Waals surface area (Å²) >= 11 is 1.21. The van der Waals surface area contributed by atoms with E-state index < -0.39 is 11.9 Å². The third-order valence-electron chi connectivity index (χ3n) is 1.70. The molecule has 1 aromatic carbocycles. The van der Waals surface area contributed by atoms with Gasteiger partial charge >= 0.3 is 29.6 Å². The summed E-state index contributed by atoms with van der Waals surface area (Å²) in [6, 6.07) is 7.26. The van der Waals surface area contributed by atoms with Crippen LogP contribution in [0.2, 0.25) is 0 Å². The van der Waals surface area contributed by atoms with E-state index in [9.17, 15) is 14.7 Å². The standard InChI is InChI=1S/C9H6N2O3S.Na/c12-7(8(13)14)11-9-10-5-3-1-2-4-6(5)15-9;/h1-4H,(H,13,14)(H,10,11,12);/q;+1/p-1. The number of carbonyl (C=O) groups is 2. The minimum atomic E-state index is -1.77. The van der Waals surface area contributed by atoms with Crippen molar-refractivity contribution in [1.29, 1.82) is 0 Å². The van der Waals surface area contributed by atoms with Crippen LogP contribution in [0.3, 0.4) is 0 Å². The van der Waals surface area contributed by atoms with Crippen molar-refractivity contribution in [2.75, 3.05) is 5.32 Å². The first-order valence-corrected chi connectivity index (χ1v) is 4.86. The number of nitrogens with zero attached hydrogens (tertiary/aromatic N) is 1. The van der Waals surface area contributed by atoms with E-state index in [1.807, 2.05) is 18.2 Å². The summed E-state index contributed by atoms with van der Waals surface area (Å²) in [5.74, 6) is -2.96. The van der Waals surface area contributed by atoms with E-state index in [1.165, 1.54) is 11.3 Å². The Labute approximate surface area is 117 Å². The van der Waals surface area contributed by atoms with E-state index in [4.69, 9.17) is 0 Å². The number of aromatic nitrogens is 1. The van der Waals surface area contributed by atoms with Gasteiger partial charge in [0.05, 0.1) is 10.2 Å². The van der Waals surface area contributed by atoms with Crippen molar-refractivity contribution in [3.63, 3.8) is 0 Å². The number of amides is 1. The van der Waals surface area contributed by atoms with Gasteiger partial charge in [-0.15, -0.1) is 0 Å². The molecule has 0 saturated carbocycles. The van der Waals surface area contributed by atoms with Crippen molar-refractivity contribution < 1.29 is 44.3 Å². The molecule has 7 heteroatoms. The van der Waals surface area contributed by atoms with Gasteiger partial charge < -0.3 is 9.90 Å². The van der Waals surface area contributed by atoms with Gasteiger partial charge in [0.15, 0.2) is 5.13 Å². The second-order valence-electron chi connectivity index (χ2n) is 2.73. The number of rotatable bonds is 1. The molecule has 0 fully saturated rings. The van der Waals surface area contributed by atoms with Crippen molar-refractivity contribution >= 4 is 38.6 Å². The number of aliphatic carboxylic acids is 1. The first kappa shape index (κ1) is 13.1. The van der Waals surface area contributed by atoms with Crippen molar-refractivity contribution in [2.24, 2.45) is 0 Å². The van der Waals surface area contributed by atoms with E-state index in [0.717, 1.165) is 10.2 Å². The van der Waals surface area contributed by atoms with Crippen LogP contribution in [0.25, 0.3) is 10.2 Å². The van der Waals surface area contributed by atoms with Gasteiger partial charge in [-0.25, -0.2) is 4.98 Å². The zero-order valence-corrected chi connectivity index (χ0v) is 11.2. The molecule has 0 aliphatic carbocycles. The van der Waals surface area contributed by atoms with Crippen LogP contribution in [0.1, 0.15) is 0 Å². The number of hydrogen-bond donors (Lipinski definition) is 1. The van der Waals surface area contributed by atoms with Crippen molar-refractivity contribution in [2.45, 2.75) is 0 Å². The summed E-state index contributed by atoms with van der Waals surface area (Å²) in [4.78, 5) is 25.0. The Morgan fingerprint density at radius 1 is 1.31 bits per heavy atom. The number of hydrogen-bond acceptors (Lipinski definition) is 5. The van der Waals surface area contributed by atoms with Crippen LogP contribution in [0.5, 0.6) is 0 Å². The predicted molar refractivity (Wildman–Crippen MR) is 53.3 cm³/mol. The minimum Gasteiger partial charge on any atom is -0.540 e. The molecule has 0 aliphatic heterocycles. The molecule has 0 aliphatic rings. The zero-order chi connectivity index (χ0) is 10.8. The van der Waals surface area contributed by atoms with E-state index in [2.05, 4.69) is 10.3 Å². The van der Waals surface area contributed by atoms with Crippen LogP contribution in [0.4, 0.5) is 5.13 Å². The Balaban J connectivity index is 0.00000128. The molecule has 1 amide bonds. The van der Waals surface area contributed by atoms with E-state index in [1.54, 1.807) is 6.07 Å². The van der Waals surface area contributed by atoms with Crippen LogP contribution in [-0.2, 0) is 9.59 Å². The normalized spacial score (nSPS) is 9.50. The molecular weight excluding hydrogens is 239 g/mol. The molecule has 0 unspecified atom stereocenters. The van der Waals surface area contributed by atoms with Crippen LogP contribution in [0.15, 0.2) is 24.3 Å². The molecule has 0 atom stereocenters. The van der Waals surface area contributed by atoms with E-state index in [-0.39, 0.29) is 34.7 Å². The van der Waals surface area contributed by atoms with Gasteiger partial charge in [0.1, 0.15) is 5.97 Å². The monoisotopic (exact) mass is 244 g/mol. The number of thiazole rings is 1. The second-order valence-corrected chi connectivity index (χ2v) is 3.76. The summed E-state index contributed by atoms with van der Waals surface area (Å²) in [6.45, 7) is 0. The third-order valence-corrected chi connectivity index (χ3v) is 2.65. The van der Waals surface area contributed by atoms with Crippen LogP contribution in [0, 0.1) is 0 Å². The largest absolute Gasteiger partial charge is 1.00 e. The van der Waals surface area contributed by atoms with E-state index >= 15 is 0 Å². The van der Waals surface area contributed by atoms with Gasteiger partial charge in [-0.2, -0.15) is 0 Å². The van der Waals surface area contributed by atoms with Crippen LogP contribution >= 0.6 is 11.3 Å². The number of carboxylic acids is 1. The van der Waals surface area contributed by atoms with Gasteiger partial charge in [0, 0.05) is 0 Å². The zero-order valence-electron chi connectivity index (χ0n) is 8.39. The minimum absolute atomic E-state index is 0. The molecule has 5 nitrogen and oxygen atoms in total.